The van der Waals surface area contributed by atoms with E-state index < -0.39 is 12.0 Å². The van der Waals surface area contributed by atoms with Gasteiger partial charge in [0.1, 0.15) is 6.04 Å². The third-order valence-electron chi connectivity index (χ3n) is 3.78. The van der Waals surface area contributed by atoms with Crippen LogP contribution in [-0.2, 0) is 14.3 Å². The molecule has 0 aromatic carbocycles. The van der Waals surface area contributed by atoms with Gasteiger partial charge in [-0.25, -0.2) is 0 Å². The number of carbonyl (C=O) groups excluding carboxylic acids is 1. The Bertz CT molecular complexity index is 357. The topological polar surface area (TPSA) is 78.9 Å². The minimum Gasteiger partial charge on any atom is -0.480 e. The van der Waals surface area contributed by atoms with Crippen LogP contribution in [0.5, 0.6) is 0 Å². The zero-order valence-electron chi connectivity index (χ0n) is 12.8. The predicted molar refractivity (Wildman–Crippen MR) is 75.5 cm³/mol. The summed E-state index contributed by atoms with van der Waals surface area (Å²) in [5, 5.41) is 12.2. The molecule has 1 aliphatic heterocycles. The number of carboxylic acid groups (broad SMARTS) is 1. The van der Waals surface area contributed by atoms with Crippen molar-refractivity contribution in [3.63, 3.8) is 0 Å². The van der Waals surface area contributed by atoms with Crippen molar-refractivity contribution in [3.8, 4) is 0 Å². The van der Waals surface area contributed by atoms with E-state index in [1.165, 1.54) is 0 Å². The van der Waals surface area contributed by atoms with E-state index in [-0.39, 0.29) is 23.9 Å². The lowest BCUT2D eigenvalue weighted by Gasteiger charge is -2.43. The summed E-state index contributed by atoms with van der Waals surface area (Å²) in [6.45, 7) is 6.96. The van der Waals surface area contributed by atoms with E-state index in [9.17, 15) is 14.7 Å². The molecule has 1 heterocycles. The van der Waals surface area contributed by atoms with Gasteiger partial charge in [0.05, 0.1) is 13.2 Å². The maximum absolute atomic E-state index is 12.0. The first-order valence-electron chi connectivity index (χ1n) is 7.03. The van der Waals surface area contributed by atoms with Gasteiger partial charge in [-0.15, -0.1) is 0 Å². The van der Waals surface area contributed by atoms with Crippen LogP contribution in [0.4, 0.5) is 0 Å². The fourth-order valence-electron chi connectivity index (χ4n) is 2.96. The van der Waals surface area contributed by atoms with Gasteiger partial charge in [0.2, 0.25) is 5.91 Å². The molecule has 0 aromatic rings. The number of hydrogen-bond acceptors (Lipinski definition) is 4. The molecule has 1 aliphatic rings. The summed E-state index contributed by atoms with van der Waals surface area (Å²) in [7, 11) is 1.58. The highest BCUT2D eigenvalue weighted by Crippen LogP contribution is 2.35. The number of piperidine rings is 1. The molecule has 0 radical (unpaired) electrons. The molecule has 6 nitrogen and oxygen atoms in total. The molecule has 6 heteroatoms. The smallest absolute Gasteiger partial charge is 0.321 e. The molecule has 0 aromatic heterocycles. The summed E-state index contributed by atoms with van der Waals surface area (Å²) in [4.78, 5) is 25.2. The van der Waals surface area contributed by atoms with Gasteiger partial charge < -0.3 is 15.2 Å². The van der Waals surface area contributed by atoms with Gasteiger partial charge in [0.15, 0.2) is 0 Å². The number of ether oxygens (including phenoxy) is 1. The van der Waals surface area contributed by atoms with Crippen LogP contribution in [0.1, 0.15) is 33.6 Å². The van der Waals surface area contributed by atoms with Crippen molar-refractivity contribution < 1.29 is 19.4 Å². The van der Waals surface area contributed by atoms with Crippen molar-refractivity contribution in [1.29, 1.82) is 0 Å². The first kappa shape index (κ1) is 16.9. The third kappa shape index (κ3) is 4.45. The number of methoxy groups -OCH3 is 1. The standard InChI is InChI=1S/C14H26N2O4/c1-10(9-20-4)15-11(17)8-16-7-5-6-14(2,3)12(16)13(18)19/h10,12H,5-9H2,1-4H3,(H,15,17)(H,18,19). The van der Waals surface area contributed by atoms with Crippen molar-refractivity contribution in [2.45, 2.75) is 45.7 Å². The van der Waals surface area contributed by atoms with Crippen LogP contribution in [-0.4, -0.2) is 60.8 Å². The molecule has 20 heavy (non-hydrogen) atoms. The van der Waals surface area contributed by atoms with Crippen molar-refractivity contribution in [2.75, 3.05) is 26.8 Å². The Labute approximate surface area is 120 Å². The Morgan fingerprint density at radius 1 is 1.50 bits per heavy atom. The lowest BCUT2D eigenvalue weighted by molar-refractivity contribution is -0.151. The molecule has 2 atom stereocenters. The summed E-state index contributed by atoms with van der Waals surface area (Å²) in [5.41, 5.74) is -0.317. The summed E-state index contributed by atoms with van der Waals surface area (Å²) in [6.07, 6.45) is 1.78. The highest BCUT2D eigenvalue weighted by atomic mass is 16.5. The third-order valence-corrected chi connectivity index (χ3v) is 3.78. The highest BCUT2D eigenvalue weighted by Gasteiger charge is 2.42. The van der Waals surface area contributed by atoms with Crippen LogP contribution in [0.15, 0.2) is 0 Å². The van der Waals surface area contributed by atoms with Crippen molar-refractivity contribution >= 4 is 11.9 Å². The molecule has 0 saturated carbocycles. The number of likely N-dealkylation sites (tertiary alicyclic amines) is 1. The average Bonchev–Trinajstić information content (AvgIpc) is 2.26. The second-order valence-electron chi connectivity index (χ2n) is 6.23. The summed E-state index contributed by atoms with van der Waals surface area (Å²) < 4.78 is 4.96. The zero-order chi connectivity index (χ0) is 15.3. The molecule has 1 fully saturated rings. The van der Waals surface area contributed by atoms with E-state index in [0.717, 1.165) is 12.8 Å². The van der Waals surface area contributed by atoms with E-state index >= 15 is 0 Å². The fourth-order valence-corrected chi connectivity index (χ4v) is 2.96. The van der Waals surface area contributed by atoms with Crippen LogP contribution >= 0.6 is 0 Å². The summed E-state index contributed by atoms with van der Waals surface area (Å²) in [5.74, 6) is -1.01. The number of hydrogen-bond donors (Lipinski definition) is 2. The Kier molecular flexibility index (Phi) is 5.95. The van der Waals surface area contributed by atoms with E-state index in [1.54, 1.807) is 12.0 Å². The number of carboxylic acids is 1. The van der Waals surface area contributed by atoms with Crippen LogP contribution < -0.4 is 5.32 Å². The molecule has 0 aliphatic carbocycles. The molecule has 0 spiro atoms. The Hall–Kier alpha value is -1.14. The van der Waals surface area contributed by atoms with E-state index in [1.807, 2.05) is 20.8 Å². The molecule has 116 valence electrons. The fraction of sp³-hybridized carbons (Fsp3) is 0.857. The second-order valence-corrected chi connectivity index (χ2v) is 6.23. The van der Waals surface area contributed by atoms with Gasteiger partial charge in [-0.05, 0) is 31.7 Å². The van der Waals surface area contributed by atoms with Gasteiger partial charge in [0.25, 0.3) is 0 Å². The average molecular weight is 286 g/mol. The molecular formula is C14H26N2O4. The molecule has 2 N–H and O–H groups in total. The second kappa shape index (κ2) is 7.04. The Morgan fingerprint density at radius 2 is 2.15 bits per heavy atom. The molecule has 2 unspecified atom stereocenters. The Morgan fingerprint density at radius 3 is 2.70 bits per heavy atom. The lowest BCUT2D eigenvalue weighted by Crippen LogP contribution is -2.57. The SMILES string of the molecule is COCC(C)NC(=O)CN1CCCC(C)(C)C1C(=O)O. The molecule has 1 saturated heterocycles. The van der Waals surface area contributed by atoms with Crippen molar-refractivity contribution in [2.24, 2.45) is 5.41 Å². The predicted octanol–water partition coefficient (Wildman–Crippen LogP) is 0.713. The van der Waals surface area contributed by atoms with Gasteiger partial charge in [-0.3, -0.25) is 14.5 Å². The normalized spacial score (nSPS) is 24.1. The number of carbonyl (C=O) groups is 2. The van der Waals surface area contributed by atoms with Gasteiger partial charge in [-0.2, -0.15) is 0 Å². The monoisotopic (exact) mass is 286 g/mol. The lowest BCUT2D eigenvalue weighted by atomic mass is 9.76. The minimum atomic E-state index is -0.854. The maximum Gasteiger partial charge on any atom is 0.321 e. The number of aliphatic carboxylic acids is 1. The van der Waals surface area contributed by atoms with E-state index in [0.29, 0.717) is 13.2 Å². The maximum atomic E-state index is 12.0. The largest absolute Gasteiger partial charge is 0.480 e. The van der Waals surface area contributed by atoms with Crippen LogP contribution in [0.3, 0.4) is 0 Å². The summed E-state index contributed by atoms with van der Waals surface area (Å²) >= 11 is 0. The van der Waals surface area contributed by atoms with Gasteiger partial charge in [0, 0.05) is 13.2 Å². The molecular weight excluding hydrogens is 260 g/mol. The number of nitrogens with one attached hydrogen (secondary N) is 1. The van der Waals surface area contributed by atoms with Crippen molar-refractivity contribution in [3.05, 3.63) is 0 Å². The van der Waals surface area contributed by atoms with E-state index in [2.05, 4.69) is 5.32 Å². The van der Waals surface area contributed by atoms with Gasteiger partial charge >= 0.3 is 5.97 Å². The van der Waals surface area contributed by atoms with Gasteiger partial charge in [-0.1, -0.05) is 13.8 Å². The zero-order valence-corrected chi connectivity index (χ0v) is 12.8. The number of rotatable bonds is 6. The molecule has 0 bridgehead atoms. The van der Waals surface area contributed by atoms with Crippen molar-refractivity contribution in [1.82, 2.24) is 10.2 Å². The number of amides is 1. The van der Waals surface area contributed by atoms with Crippen LogP contribution in [0.25, 0.3) is 0 Å². The molecule has 1 amide bonds. The Balaban J connectivity index is 2.64. The van der Waals surface area contributed by atoms with Crippen LogP contribution in [0, 0.1) is 5.41 Å². The van der Waals surface area contributed by atoms with E-state index in [4.69, 9.17) is 4.74 Å². The minimum absolute atomic E-state index is 0.0754. The van der Waals surface area contributed by atoms with Crippen LogP contribution in [0.2, 0.25) is 0 Å². The summed E-state index contributed by atoms with van der Waals surface area (Å²) in [6, 6.07) is -0.687. The highest BCUT2D eigenvalue weighted by molar-refractivity contribution is 5.80. The first-order chi connectivity index (χ1) is 9.27. The quantitative estimate of drug-likeness (QED) is 0.752. The number of nitrogens with zero attached hydrogens (tertiary/aromatic N) is 1. The molecule has 1 rings (SSSR count). The first-order valence-corrected chi connectivity index (χ1v) is 7.03.